The number of hydrogen-bond acceptors (Lipinski definition) is 1. The Morgan fingerprint density at radius 3 is 2.33 bits per heavy atom. The summed E-state index contributed by atoms with van der Waals surface area (Å²) in [4.78, 5) is 0. The molecule has 0 bridgehead atoms. The van der Waals surface area contributed by atoms with Gasteiger partial charge < -0.3 is 5.32 Å². The van der Waals surface area contributed by atoms with Crippen molar-refractivity contribution in [1.82, 2.24) is 5.32 Å². The molecule has 1 nitrogen and oxygen atoms in total. The van der Waals surface area contributed by atoms with Gasteiger partial charge in [0.05, 0.1) is 0 Å². The van der Waals surface area contributed by atoms with E-state index in [2.05, 4.69) is 61.1 Å². The number of benzene rings is 2. The molecule has 0 saturated carbocycles. The van der Waals surface area contributed by atoms with Gasteiger partial charge in [-0.1, -0.05) is 33.6 Å². The average Bonchev–Trinajstić information content (AvgIpc) is 2.38. The van der Waals surface area contributed by atoms with Gasteiger partial charge in [0.25, 0.3) is 0 Å². The SMILES string of the molecule is Cc1cc(C)c(C(C)NCc2cc(F)ccc2Br)c(C)c1. The lowest BCUT2D eigenvalue weighted by atomic mass is 9.95. The van der Waals surface area contributed by atoms with E-state index >= 15 is 0 Å². The molecule has 1 atom stereocenters. The van der Waals surface area contributed by atoms with Gasteiger partial charge in [-0.25, -0.2) is 4.39 Å². The lowest BCUT2D eigenvalue weighted by Crippen LogP contribution is -2.20. The van der Waals surface area contributed by atoms with Crippen molar-refractivity contribution in [2.75, 3.05) is 0 Å². The van der Waals surface area contributed by atoms with Crippen LogP contribution in [0.5, 0.6) is 0 Å². The third kappa shape index (κ3) is 3.92. The number of aryl methyl sites for hydroxylation is 3. The van der Waals surface area contributed by atoms with Crippen LogP contribution < -0.4 is 5.32 Å². The molecule has 0 aliphatic rings. The largest absolute Gasteiger partial charge is 0.306 e. The molecule has 2 aromatic rings. The summed E-state index contributed by atoms with van der Waals surface area (Å²) in [6.07, 6.45) is 0. The molecule has 0 aliphatic heterocycles. The maximum absolute atomic E-state index is 13.3. The minimum atomic E-state index is -0.203. The van der Waals surface area contributed by atoms with Gasteiger partial charge in [0.1, 0.15) is 5.82 Å². The maximum atomic E-state index is 13.3. The minimum Gasteiger partial charge on any atom is -0.306 e. The van der Waals surface area contributed by atoms with Crippen molar-refractivity contribution in [2.24, 2.45) is 0 Å². The van der Waals surface area contributed by atoms with Gasteiger partial charge in [-0.15, -0.1) is 0 Å². The fraction of sp³-hybridized carbons (Fsp3) is 0.333. The fourth-order valence-electron chi connectivity index (χ4n) is 2.92. The Morgan fingerprint density at radius 1 is 1.10 bits per heavy atom. The zero-order valence-corrected chi connectivity index (χ0v) is 14.5. The molecular weight excluding hydrogens is 329 g/mol. The first-order valence-corrected chi connectivity index (χ1v) is 7.93. The molecule has 0 aliphatic carbocycles. The monoisotopic (exact) mass is 349 g/mol. The molecular formula is C18H21BrFN. The van der Waals surface area contributed by atoms with Crippen molar-refractivity contribution in [3.05, 3.63) is 68.4 Å². The van der Waals surface area contributed by atoms with Crippen molar-refractivity contribution in [3.8, 4) is 0 Å². The second-order valence-corrected chi connectivity index (χ2v) is 6.51. The van der Waals surface area contributed by atoms with E-state index in [4.69, 9.17) is 0 Å². The van der Waals surface area contributed by atoms with E-state index in [1.807, 2.05) is 0 Å². The van der Waals surface area contributed by atoms with Crippen molar-refractivity contribution >= 4 is 15.9 Å². The van der Waals surface area contributed by atoms with Crippen LogP contribution in [0.1, 0.15) is 40.8 Å². The zero-order chi connectivity index (χ0) is 15.6. The van der Waals surface area contributed by atoms with Gasteiger partial charge in [-0.2, -0.15) is 0 Å². The van der Waals surface area contributed by atoms with Crippen molar-refractivity contribution in [3.63, 3.8) is 0 Å². The smallest absolute Gasteiger partial charge is 0.123 e. The molecule has 0 saturated heterocycles. The summed E-state index contributed by atoms with van der Waals surface area (Å²) < 4.78 is 14.3. The summed E-state index contributed by atoms with van der Waals surface area (Å²) >= 11 is 3.47. The van der Waals surface area contributed by atoms with Crippen LogP contribution in [0.25, 0.3) is 0 Å². The molecule has 112 valence electrons. The molecule has 0 fully saturated rings. The van der Waals surface area contributed by atoms with E-state index in [-0.39, 0.29) is 11.9 Å². The third-order valence-corrected chi connectivity index (χ3v) is 4.55. The molecule has 0 amide bonds. The Balaban J connectivity index is 2.15. The van der Waals surface area contributed by atoms with E-state index in [0.717, 1.165) is 10.0 Å². The quantitative estimate of drug-likeness (QED) is 0.782. The number of nitrogens with one attached hydrogen (secondary N) is 1. The van der Waals surface area contributed by atoms with Crippen LogP contribution in [0, 0.1) is 26.6 Å². The van der Waals surface area contributed by atoms with Gasteiger partial charge >= 0.3 is 0 Å². The molecule has 0 spiro atoms. The number of rotatable bonds is 4. The Bertz CT molecular complexity index is 629. The average molecular weight is 350 g/mol. The van der Waals surface area contributed by atoms with Gasteiger partial charge in [-0.05, 0) is 68.1 Å². The molecule has 21 heavy (non-hydrogen) atoms. The van der Waals surface area contributed by atoms with Crippen molar-refractivity contribution in [1.29, 1.82) is 0 Å². The van der Waals surface area contributed by atoms with Gasteiger partial charge in [0, 0.05) is 17.1 Å². The first-order valence-electron chi connectivity index (χ1n) is 7.13. The summed E-state index contributed by atoms with van der Waals surface area (Å²) in [5, 5.41) is 3.49. The summed E-state index contributed by atoms with van der Waals surface area (Å²) in [6, 6.07) is 9.42. The third-order valence-electron chi connectivity index (χ3n) is 3.78. The second-order valence-electron chi connectivity index (χ2n) is 5.65. The summed E-state index contributed by atoms with van der Waals surface area (Å²) in [6.45, 7) is 9.19. The van der Waals surface area contributed by atoms with Crippen LogP contribution in [0.2, 0.25) is 0 Å². The van der Waals surface area contributed by atoms with Crippen LogP contribution in [0.4, 0.5) is 4.39 Å². The topological polar surface area (TPSA) is 12.0 Å². The number of halogens is 2. The van der Waals surface area contributed by atoms with Crippen LogP contribution in [0.3, 0.4) is 0 Å². The van der Waals surface area contributed by atoms with E-state index in [1.165, 1.54) is 28.3 Å². The van der Waals surface area contributed by atoms with E-state index in [0.29, 0.717) is 6.54 Å². The second kappa shape index (κ2) is 6.71. The molecule has 3 heteroatoms. The zero-order valence-electron chi connectivity index (χ0n) is 12.9. The van der Waals surface area contributed by atoms with Crippen LogP contribution in [-0.2, 0) is 6.54 Å². The van der Waals surface area contributed by atoms with Gasteiger partial charge in [-0.3, -0.25) is 0 Å². The summed E-state index contributed by atoms with van der Waals surface area (Å²) in [7, 11) is 0. The van der Waals surface area contributed by atoms with Crippen molar-refractivity contribution in [2.45, 2.75) is 40.3 Å². The molecule has 2 aromatic carbocycles. The lowest BCUT2D eigenvalue weighted by Gasteiger charge is -2.20. The summed E-state index contributed by atoms with van der Waals surface area (Å²) in [5.74, 6) is -0.203. The standard InChI is InChI=1S/C18H21BrFN/c1-11-7-12(2)18(13(3)8-11)14(4)21-10-15-9-16(20)5-6-17(15)19/h5-9,14,21H,10H2,1-4H3. The Hall–Kier alpha value is -1.19. The minimum absolute atomic E-state index is 0.203. The van der Waals surface area contributed by atoms with Crippen LogP contribution in [0.15, 0.2) is 34.8 Å². The van der Waals surface area contributed by atoms with E-state index in [1.54, 1.807) is 12.1 Å². The Labute approximate surface area is 134 Å². The predicted octanol–water partition coefficient (Wildman–Crippen LogP) is 5.36. The molecule has 1 unspecified atom stereocenters. The highest BCUT2D eigenvalue weighted by molar-refractivity contribution is 9.10. The van der Waals surface area contributed by atoms with Crippen molar-refractivity contribution < 1.29 is 4.39 Å². The molecule has 1 N–H and O–H groups in total. The highest BCUT2D eigenvalue weighted by Gasteiger charge is 2.12. The van der Waals surface area contributed by atoms with E-state index in [9.17, 15) is 4.39 Å². The normalized spacial score (nSPS) is 12.5. The first-order chi connectivity index (χ1) is 9.88. The number of hydrogen-bond donors (Lipinski definition) is 1. The van der Waals surface area contributed by atoms with Crippen LogP contribution >= 0.6 is 15.9 Å². The lowest BCUT2D eigenvalue weighted by molar-refractivity contribution is 0.563. The van der Waals surface area contributed by atoms with Gasteiger partial charge in [0.15, 0.2) is 0 Å². The Kier molecular flexibility index (Phi) is 5.17. The molecule has 0 radical (unpaired) electrons. The van der Waals surface area contributed by atoms with Gasteiger partial charge in [0.2, 0.25) is 0 Å². The Morgan fingerprint density at radius 2 is 1.71 bits per heavy atom. The molecule has 0 aromatic heterocycles. The predicted molar refractivity (Wildman–Crippen MR) is 90.0 cm³/mol. The fourth-order valence-corrected chi connectivity index (χ4v) is 3.30. The highest BCUT2D eigenvalue weighted by Crippen LogP contribution is 2.24. The van der Waals surface area contributed by atoms with Crippen LogP contribution in [-0.4, -0.2) is 0 Å². The summed E-state index contributed by atoms with van der Waals surface area (Å²) in [5.41, 5.74) is 6.14. The molecule has 2 rings (SSSR count). The highest BCUT2D eigenvalue weighted by atomic mass is 79.9. The van der Waals surface area contributed by atoms with E-state index < -0.39 is 0 Å². The first kappa shape index (κ1) is 16.2. The molecule has 0 heterocycles. The maximum Gasteiger partial charge on any atom is 0.123 e.